The van der Waals surface area contributed by atoms with Gasteiger partial charge in [-0.15, -0.1) is 0 Å². The fourth-order valence-electron chi connectivity index (χ4n) is 1.55. The van der Waals surface area contributed by atoms with E-state index in [0.29, 0.717) is 13.1 Å². The molecule has 104 valence electrons. The molecule has 0 aromatic rings. The van der Waals surface area contributed by atoms with Crippen molar-refractivity contribution in [1.82, 2.24) is 4.90 Å². The van der Waals surface area contributed by atoms with Crippen LogP contribution in [0, 0.1) is 0 Å². The molecule has 0 spiro atoms. The fourth-order valence-corrected chi connectivity index (χ4v) is 1.55. The minimum Gasteiger partial charge on any atom is -0.469 e. The molecule has 0 aromatic carbocycles. The van der Waals surface area contributed by atoms with Gasteiger partial charge in [-0.05, 0) is 20.3 Å². The van der Waals surface area contributed by atoms with Crippen molar-refractivity contribution in [2.75, 3.05) is 20.2 Å². The van der Waals surface area contributed by atoms with Gasteiger partial charge in [-0.1, -0.05) is 25.3 Å². The summed E-state index contributed by atoms with van der Waals surface area (Å²) in [7, 11) is 1.36. The van der Waals surface area contributed by atoms with E-state index in [0.717, 1.165) is 24.8 Å². The third kappa shape index (κ3) is 7.87. The van der Waals surface area contributed by atoms with Gasteiger partial charge in [-0.2, -0.15) is 0 Å². The summed E-state index contributed by atoms with van der Waals surface area (Å²) in [6.45, 7) is 7.04. The van der Waals surface area contributed by atoms with Crippen molar-refractivity contribution in [2.45, 2.75) is 46.5 Å². The summed E-state index contributed by atoms with van der Waals surface area (Å²) in [5.41, 5.74) is 0.971. The predicted molar refractivity (Wildman–Crippen MR) is 72.2 cm³/mol. The van der Waals surface area contributed by atoms with Gasteiger partial charge in [-0.3, -0.25) is 9.59 Å². The Morgan fingerprint density at radius 2 is 1.83 bits per heavy atom. The molecule has 0 fully saturated rings. The molecule has 0 bridgehead atoms. The number of hydrogen-bond acceptors (Lipinski definition) is 3. The van der Waals surface area contributed by atoms with E-state index in [1.807, 2.05) is 13.8 Å². The number of carbonyl (C=O) groups is 2. The van der Waals surface area contributed by atoms with Crippen LogP contribution in [-0.2, 0) is 14.3 Å². The number of ether oxygens (including phenoxy) is 1. The Balaban J connectivity index is 4.36. The average molecular weight is 255 g/mol. The van der Waals surface area contributed by atoms with Gasteiger partial charge in [0, 0.05) is 19.2 Å². The fraction of sp³-hybridized carbons (Fsp3) is 0.714. The van der Waals surface area contributed by atoms with E-state index in [9.17, 15) is 9.59 Å². The van der Waals surface area contributed by atoms with Crippen molar-refractivity contribution in [3.8, 4) is 0 Å². The van der Waals surface area contributed by atoms with Crippen molar-refractivity contribution in [3.63, 3.8) is 0 Å². The molecule has 0 N–H and O–H groups in total. The number of allylic oxidation sites excluding steroid dienone is 1. The van der Waals surface area contributed by atoms with E-state index in [-0.39, 0.29) is 18.3 Å². The van der Waals surface area contributed by atoms with Crippen LogP contribution in [0.3, 0.4) is 0 Å². The van der Waals surface area contributed by atoms with Crippen LogP contribution >= 0.6 is 0 Å². The highest BCUT2D eigenvalue weighted by atomic mass is 16.5. The van der Waals surface area contributed by atoms with Gasteiger partial charge >= 0.3 is 5.97 Å². The molecule has 0 saturated carbocycles. The summed E-state index contributed by atoms with van der Waals surface area (Å²) < 4.78 is 4.59. The Morgan fingerprint density at radius 1 is 1.17 bits per heavy atom. The van der Waals surface area contributed by atoms with Gasteiger partial charge in [0.05, 0.1) is 13.5 Å². The standard InChI is InChI=1S/C14H25NO3/c1-5-6-7-9-15(10-8-14(17)18-4)13(16)11-12(2)3/h11H,5-10H2,1-4H3. The van der Waals surface area contributed by atoms with Crippen molar-refractivity contribution in [1.29, 1.82) is 0 Å². The average Bonchev–Trinajstić information content (AvgIpc) is 2.32. The van der Waals surface area contributed by atoms with Crippen LogP contribution in [0.4, 0.5) is 0 Å². The first-order valence-corrected chi connectivity index (χ1v) is 6.51. The minimum absolute atomic E-state index is 0.0185. The highest BCUT2D eigenvalue weighted by molar-refractivity contribution is 5.88. The third-order valence-electron chi connectivity index (χ3n) is 2.57. The Kier molecular flexibility index (Phi) is 8.97. The number of amides is 1. The second kappa shape index (κ2) is 9.68. The monoisotopic (exact) mass is 255 g/mol. The van der Waals surface area contributed by atoms with Gasteiger partial charge in [-0.25, -0.2) is 0 Å². The van der Waals surface area contributed by atoms with Crippen molar-refractivity contribution < 1.29 is 14.3 Å². The topological polar surface area (TPSA) is 46.6 Å². The van der Waals surface area contributed by atoms with Crippen molar-refractivity contribution >= 4 is 11.9 Å². The van der Waals surface area contributed by atoms with Crippen LogP contribution in [0.5, 0.6) is 0 Å². The highest BCUT2D eigenvalue weighted by Gasteiger charge is 2.12. The van der Waals surface area contributed by atoms with Crippen molar-refractivity contribution in [2.24, 2.45) is 0 Å². The molecule has 1 amide bonds. The van der Waals surface area contributed by atoms with Gasteiger partial charge < -0.3 is 9.64 Å². The second-order valence-electron chi connectivity index (χ2n) is 4.58. The normalized spacial score (nSPS) is 9.78. The summed E-state index contributed by atoms with van der Waals surface area (Å²) in [6, 6.07) is 0. The molecule has 0 aliphatic carbocycles. The van der Waals surface area contributed by atoms with E-state index in [4.69, 9.17) is 0 Å². The molecule has 0 aliphatic heterocycles. The Hall–Kier alpha value is -1.32. The maximum absolute atomic E-state index is 11.9. The molecule has 0 radical (unpaired) electrons. The smallest absolute Gasteiger partial charge is 0.307 e. The zero-order valence-electron chi connectivity index (χ0n) is 12.0. The summed E-state index contributed by atoms with van der Waals surface area (Å²) in [5.74, 6) is -0.296. The lowest BCUT2D eigenvalue weighted by Crippen LogP contribution is -2.33. The molecule has 0 atom stereocenters. The zero-order valence-corrected chi connectivity index (χ0v) is 12.0. The second-order valence-corrected chi connectivity index (χ2v) is 4.58. The van der Waals surface area contributed by atoms with Gasteiger partial charge in [0.1, 0.15) is 0 Å². The molecule has 0 heterocycles. The van der Waals surface area contributed by atoms with Crippen LogP contribution in [0.15, 0.2) is 11.6 Å². The third-order valence-corrected chi connectivity index (χ3v) is 2.57. The number of unbranched alkanes of at least 4 members (excludes halogenated alkanes) is 2. The number of methoxy groups -OCH3 is 1. The maximum Gasteiger partial charge on any atom is 0.307 e. The minimum atomic E-state index is -0.277. The van der Waals surface area contributed by atoms with E-state index in [2.05, 4.69) is 11.7 Å². The number of hydrogen-bond donors (Lipinski definition) is 0. The van der Waals surface area contributed by atoms with Crippen LogP contribution in [0.2, 0.25) is 0 Å². The molecule has 0 saturated heterocycles. The van der Waals surface area contributed by atoms with E-state index in [1.54, 1.807) is 11.0 Å². The lowest BCUT2D eigenvalue weighted by Gasteiger charge is -2.20. The summed E-state index contributed by atoms with van der Waals surface area (Å²) in [6.07, 6.45) is 5.05. The van der Waals surface area contributed by atoms with E-state index >= 15 is 0 Å². The molecule has 0 rings (SSSR count). The van der Waals surface area contributed by atoms with Crippen LogP contribution in [0.1, 0.15) is 46.5 Å². The van der Waals surface area contributed by atoms with Gasteiger partial charge in [0.15, 0.2) is 0 Å². The lowest BCUT2D eigenvalue weighted by molar-refractivity contribution is -0.141. The largest absolute Gasteiger partial charge is 0.469 e. The number of esters is 1. The first-order chi connectivity index (χ1) is 8.51. The SMILES string of the molecule is CCCCCN(CCC(=O)OC)C(=O)C=C(C)C. The van der Waals surface area contributed by atoms with Crippen LogP contribution in [-0.4, -0.2) is 37.0 Å². The van der Waals surface area contributed by atoms with Gasteiger partial charge in [0.2, 0.25) is 5.91 Å². The molecular formula is C14H25NO3. The Bertz CT molecular complexity index is 293. The molecule has 0 aliphatic rings. The highest BCUT2D eigenvalue weighted by Crippen LogP contribution is 2.03. The summed E-state index contributed by atoms with van der Waals surface area (Å²) in [4.78, 5) is 24.8. The quantitative estimate of drug-likeness (QED) is 0.380. The molecular weight excluding hydrogens is 230 g/mol. The van der Waals surface area contributed by atoms with Crippen molar-refractivity contribution in [3.05, 3.63) is 11.6 Å². The van der Waals surface area contributed by atoms with Crippen LogP contribution < -0.4 is 0 Å². The molecule has 0 unspecified atom stereocenters. The zero-order chi connectivity index (χ0) is 14.0. The number of carbonyl (C=O) groups excluding carboxylic acids is 2. The Morgan fingerprint density at radius 3 is 2.33 bits per heavy atom. The van der Waals surface area contributed by atoms with E-state index < -0.39 is 0 Å². The Labute approximate surface area is 110 Å². The molecule has 4 nitrogen and oxygen atoms in total. The maximum atomic E-state index is 11.9. The molecule has 4 heteroatoms. The first kappa shape index (κ1) is 16.7. The summed E-state index contributed by atoms with van der Waals surface area (Å²) >= 11 is 0. The molecule has 18 heavy (non-hydrogen) atoms. The molecule has 0 aromatic heterocycles. The van der Waals surface area contributed by atoms with Crippen LogP contribution in [0.25, 0.3) is 0 Å². The first-order valence-electron chi connectivity index (χ1n) is 6.51. The number of nitrogens with zero attached hydrogens (tertiary/aromatic N) is 1. The van der Waals surface area contributed by atoms with E-state index in [1.165, 1.54) is 7.11 Å². The lowest BCUT2D eigenvalue weighted by atomic mass is 10.2. The van der Waals surface area contributed by atoms with Gasteiger partial charge in [0.25, 0.3) is 0 Å². The predicted octanol–water partition coefficient (Wildman–Crippen LogP) is 2.53. The summed E-state index contributed by atoms with van der Waals surface area (Å²) in [5, 5.41) is 0. The number of rotatable bonds is 8.